The molecule has 0 saturated heterocycles. The third kappa shape index (κ3) is 4.15. The molecular weight excluding hydrogens is 398 g/mol. The molecule has 0 aromatic heterocycles. The predicted octanol–water partition coefficient (Wildman–Crippen LogP) is 9.40. The fraction of sp³-hybridized carbons (Fsp3) is 0.125. The average molecular weight is 428 g/mol. The molecule has 0 radical (unpaired) electrons. The summed E-state index contributed by atoms with van der Waals surface area (Å²) in [6, 6.07) is 37.4. The zero-order valence-electron chi connectivity index (χ0n) is 19.5. The molecular formula is C32H29N. The highest BCUT2D eigenvalue weighted by atomic mass is 15.1. The fourth-order valence-corrected chi connectivity index (χ4v) is 4.39. The van der Waals surface area contributed by atoms with Crippen molar-refractivity contribution in [1.29, 1.82) is 0 Å². The van der Waals surface area contributed by atoms with Crippen LogP contribution in [0.5, 0.6) is 0 Å². The van der Waals surface area contributed by atoms with Gasteiger partial charge in [0.25, 0.3) is 0 Å². The van der Waals surface area contributed by atoms with E-state index in [9.17, 15) is 0 Å². The molecule has 162 valence electrons. The molecule has 0 aliphatic rings. The molecule has 5 aromatic rings. The van der Waals surface area contributed by atoms with Crippen molar-refractivity contribution in [3.05, 3.63) is 121 Å². The molecule has 0 fully saturated rings. The second-order valence-corrected chi connectivity index (χ2v) is 9.66. The van der Waals surface area contributed by atoms with Crippen LogP contribution in [0.25, 0.3) is 27.6 Å². The number of fused-ring (bicyclic) bond motifs is 2. The SMILES string of the molecule is C=Cc1ccc2cc(N(c3cccc(C(C)(C)C)c3)c3ccc4ccccc4c3)ccc2c1. The van der Waals surface area contributed by atoms with Gasteiger partial charge in [-0.2, -0.15) is 0 Å². The van der Waals surface area contributed by atoms with E-state index in [1.807, 2.05) is 6.08 Å². The van der Waals surface area contributed by atoms with Gasteiger partial charge in [-0.3, -0.25) is 0 Å². The van der Waals surface area contributed by atoms with E-state index in [1.165, 1.54) is 32.8 Å². The molecule has 0 bridgehead atoms. The van der Waals surface area contributed by atoms with Gasteiger partial charge in [0, 0.05) is 17.1 Å². The maximum absolute atomic E-state index is 3.91. The van der Waals surface area contributed by atoms with Crippen LogP contribution >= 0.6 is 0 Å². The minimum Gasteiger partial charge on any atom is -0.310 e. The summed E-state index contributed by atoms with van der Waals surface area (Å²) >= 11 is 0. The molecule has 0 saturated carbocycles. The van der Waals surface area contributed by atoms with E-state index in [1.54, 1.807) is 0 Å². The molecule has 0 spiro atoms. The van der Waals surface area contributed by atoms with Crippen molar-refractivity contribution in [2.24, 2.45) is 0 Å². The number of hydrogen-bond donors (Lipinski definition) is 0. The highest BCUT2D eigenvalue weighted by Gasteiger charge is 2.18. The van der Waals surface area contributed by atoms with Gasteiger partial charge in [-0.15, -0.1) is 0 Å². The van der Waals surface area contributed by atoms with Crippen molar-refractivity contribution in [2.75, 3.05) is 4.90 Å². The minimum atomic E-state index is 0.0789. The topological polar surface area (TPSA) is 3.24 Å². The molecule has 0 heterocycles. The first-order valence-corrected chi connectivity index (χ1v) is 11.5. The normalized spacial score (nSPS) is 11.6. The minimum absolute atomic E-state index is 0.0789. The molecule has 1 nitrogen and oxygen atoms in total. The molecule has 33 heavy (non-hydrogen) atoms. The summed E-state index contributed by atoms with van der Waals surface area (Å²) in [4.78, 5) is 2.36. The van der Waals surface area contributed by atoms with Gasteiger partial charge in [-0.25, -0.2) is 0 Å². The molecule has 1 heteroatoms. The molecule has 0 N–H and O–H groups in total. The Labute approximate surface area is 196 Å². The number of hydrogen-bond acceptors (Lipinski definition) is 1. The van der Waals surface area contributed by atoms with Crippen LogP contribution in [0.15, 0.2) is 110 Å². The second-order valence-electron chi connectivity index (χ2n) is 9.66. The van der Waals surface area contributed by atoms with Crippen LogP contribution < -0.4 is 4.90 Å². The van der Waals surface area contributed by atoms with Crippen LogP contribution in [0.2, 0.25) is 0 Å². The Kier molecular flexibility index (Phi) is 5.26. The van der Waals surface area contributed by atoms with Gasteiger partial charge in [0.05, 0.1) is 0 Å². The molecule has 0 amide bonds. The van der Waals surface area contributed by atoms with Crippen LogP contribution in [0.1, 0.15) is 31.9 Å². The standard InChI is InChI=1S/C32H29N/c1-5-23-13-14-27-21-31(18-16-26(27)19-23)33(29-12-8-11-28(22-29)32(2,3)4)30-17-15-24-9-6-7-10-25(24)20-30/h5-22H,1H2,2-4H3. The highest BCUT2D eigenvalue weighted by molar-refractivity contribution is 5.93. The lowest BCUT2D eigenvalue weighted by molar-refractivity contribution is 0.590. The zero-order valence-corrected chi connectivity index (χ0v) is 19.5. The average Bonchev–Trinajstić information content (AvgIpc) is 2.83. The van der Waals surface area contributed by atoms with Crippen molar-refractivity contribution in [1.82, 2.24) is 0 Å². The lowest BCUT2D eigenvalue weighted by atomic mass is 9.87. The first-order valence-electron chi connectivity index (χ1n) is 11.5. The quantitative estimate of drug-likeness (QED) is 0.276. The summed E-state index contributed by atoms with van der Waals surface area (Å²) in [7, 11) is 0. The first kappa shape index (κ1) is 21.0. The van der Waals surface area contributed by atoms with Gasteiger partial charge in [-0.05, 0) is 80.6 Å². The van der Waals surface area contributed by atoms with Gasteiger partial charge in [0.1, 0.15) is 0 Å². The summed E-state index contributed by atoms with van der Waals surface area (Å²) in [5.74, 6) is 0. The number of rotatable bonds is 4. The largest absolute Gasteiger partial charge is 0.310 e. The van der Waals surface area contributed by atoms with Gasteiger partial charge < -0.3 is 4.90 Å². The summed E-state index contributed by atoms with van der Waals surface area (Å²) in [5, 5.41) is 4.93. The van der Waals surface area contributed by atoms with E-state index in [2.05, 4.69) is 135 Å². The molecule has 0 atom stereocenters. The summed E-state index contributed by atoms with van der Waals surface area (Å²) in [6.45, 7) is 10.7. The lowest BCUT2D eigenvalue weighted by Crippen LogP contribution is -2.14. The summed E-state index contributed by atoms with van der Waals surface area (Å²) in [6.07, 6.45) is 1.90. The maximum Gasteiger partial charge on any atom is 0.0468 e. The van der Waals surface area contributed by atoms with E-state index >= 15 is 0 Å². The summed E-state index contributed by atoms with van der Waals surface area (Å²) in [5.41, 5.74) is 6.01. The van der Waals surface area contributed by atoms with Crippen molar-refractivity contribution in [2.45, 2.75) is 26.2 Å². The third-order valence-corrected chi connectivity index (χ3v) is 6.30. The van der Waals surface area contributed by atoms with Crippen molar-refractivity contribution >= 4 is 44.7 Å². The van der Waals surface area contributed by atoms with Gasteiger partial charge >= 0.3 is 0 Å². The lowest BCUT2D eigenvalue weighted by Gasteiger charge is -2.28. The Morgan fingerprint density at radius 1 is 0.576 bits per heavy atom. The van der Waals surface area contributed by atoms with Crippen LogP contribution in [-0.4, -0.2) is 0 Å². The maximum atomic E-state index is 3.91. The molecule has 0 unspecified atom stereocenters. The predicted molar refractivity (Wildman–Crippen MR) is 145 cm³/mol. The number of nitrogens with zero attached hydrogens (tertiary/aromatic N) is 1. The van der Waals surface area contributed by atoms with E-state index in [-0.39, 0.29) is 5.41 Å². The Hall–Kier alpha value is -3.84. The smallest absolute Gasteiger partial charge is 0.0468 e. The number of anilines is 3. The number of benzene rings is 5. The van der Waals surface area contributed by atoms with Crippen LogP contribution in [0, 0.1) is 0 Å². The van der Waals surface area contributed by atoms with Crippen LogP contribution in [0.4, 0.5) is 17.1 Å². The van der Waals surface area contributed by atoms with Gasteiger partial charge in [-0.1, -0.05) is 94.1 Å². The molecule has 0 aliphatic carbocycles. The zero-order chi connectivity index (χ0) is 23.0. The van der Waals surface area contributed by atoms with E-state index < -0.39 is 0 Å². The highest BCUT2D eigenvalue weighted by Crippen LogP contribution is 2.39. The van der Waals surface area contributed by atoms with E-state index in [0.29, 0.717) is 0 Å². The second kappa shape index (κ2) is 8.26. The summed E-state index contributed by atoms with van der Waals surface area (Å²) < 4.78 is 0. The van der Waals surface area contributed by atoms with Gasteiger partial charge in [0.2, 0.25) is 0 Å². The molecule has 0 aliphatic heterocycles. The Morgan fingerprint density at radius 3 is 1.85 bits per heavy atom. The fourth-order valence-electron chi connectivity index (χ4n) is 4.39. The monoisotopic (exact) mass is 427 g/mol. The first-order chi connectivity index (χ1) is 15.9. The Bertz CT molecular complexity index is 1470. The van der Waals surface area contributed by atoms with Crippen LogP contribution in [-0.2, 0) is 5.41 Å². The van der Waals surface area contributed by atoms with E-state index in [4.69, 9.17) is 0 Å². The third-order valence-electron chi connectivity index (χ3n) is 6.30. The Balaban J connectivity index is 1.71. The van der Waals surface area contributed by atoms with Crippen molar-refractivity contribution in [3.63, 3.8) is 0 Å². The molecule has 5 aromatic carbocycles. The van der Waals surface area contributed by atoms with Crippen LogP contribution in [0.3, 0.4) is 0 Å². The van der Waals surface area contributed by atoms with Gasteiger partial charge in [0.15, 0.2) is 0 Å². The van der Waals surface area contributed by atoms with Crippen molar-refractivity contribution in [3.8, 4) is 0 Å². The van der Waals surface area contributed by atoms with E-state index in [0.717, 1.165) is 16.9 Å². The Morgan fingerprint density at radius 2 is 1.15 bits per heavy atom. The van der Waals surface area contributed by atoms with Crippen molar-refractivity contribution < 1.29 is 0 Å². The molecule has 5 rings (SSSR count).